The quantitative estimate of drug-likeness (QED) is 0.681. The highest BCUT2D eigenvalue weighted by Crippen LogP contribution is 2.51. The highest BCUT2D eigenvalue weighted by Gasteiger charge is 2.50. The molecule has 13 heavy (non-hydrogen) atoms. The maximum atomic E-state index is 13.7. The Morgan fingerprint density at radius 3 is 2.23 bits per heavy atom. The summed E-state index contributed by atoms with van der Waals surface area (Å²) in [6.07, 6.45) is 2.70. The molecule has 0 spiro atoms. The van der Waals surface area contributed by atoms with Crippen molar-refractivity contribution in [2.75, 3.05) is 0 Å². The summed E-state index contributed by atoms with van der Waals surface area (Å²) in [6.45, 7) is 1.61. The van der Waals surface area contributed by atoms with Gasteiger partial charge in [-0.3, -0.25) is 4.79 Å². The van der Waals surface area contributed by atoms with Crippen LogP contribution in [0.25, 0.3) is 0 Å². The minimum absolute atomic E-state index is 0.0891. The molecule has 74 valence electrons. The Kier molecular flexibility index (Phi) is 1.86. The van der Waals surface area contributed by atoms with E-state index in [-0.39, 0.29) is 17.8 Å². The van der Waals surface area contributed by atoms with Gasteiger partial charge in [0.05, 0.1) is 5.92 Å². The summed E-state index contributed by atoms with van der Waals surface area (Å²) >= 11 is 0. The molecule has 1 N–H and O–H groups in total. The lowest BCUT2D eigenvalue weighted by molar-refractivity contribution is -0.147. The van der Waals surface area contributed by atoms with E-state index in [4.69, 9.17) is 5.11 Å². The molecule has 0 heterocycles. The maximum Gasteiger partial charge on any atom is 0.307 e. The number of halogens is 1. The summed E-state index contributed by atoms with van der Waals surface area (Å²) in [5.74, 6) is -0.802. The number of alkyl halides is 1. The number of hydrogen-bond donors (Lipinski definition) is 1. The van der Waals surface area contributed by atoms with E-state index in [0.29, 0.717) is 12.8 Å². The fraction of sp³-hybridized carbons (Fsp3) is 0.900. The monoisotopic (exact) mass is 186 g/mol. The van der Waals surface area contributed by atoms with E-state index in [1.165, 1.54) is 0 Å². The molecular formula is C10H15FO2. The van der Waals surface area contributed by atoms with Crippen LogP contribution >= 0.6 is 0 Å². The Morgan fingerprint density at radius 2 is 1.85 bits per heavy atom. The third kappa shape index (κ3) is 1.45. The zero-order chi connectivity index (χ0) is 9.64. The summed E-state index contributed by atoms with van der Waals surface area (Å²) in [4.78, 5) is 10.9. The topological polar surface area (TPSA) is 37.3 Å². The lowest BCUT2D eigenvalue weighted by Gasteiger charge is -2.35. The Morgan fingerprint density at radius 1 is 1.38 bits per heavy atom. The van der Waals surface area contributed by atoms with Crippen LogP contribution in [-0.2, 0) is 4.79 Å². The van der Waals surface area contributed by atoms with Crippen LogP contribution in [0.1, 0.15) is 32.6 Å². The van der Waals surface area contributed by atoms with Crippen molar-refractivity contribution in [3.63, 3.8) is 0 Å². The lowest BCUT2D eigenvalue weighted by atomic mass is 9.72. The van der Waals surface area contributed by atoms with Gasteiger partial charge in [-0.05, 0) is 44.4 Å². The molecule has 0 aromatic rings. The first-order valence-electron chi connectivity index (χ1n) is 4.91. The largest absolute Gasteiger partial charge is 0.481 e. The molecule has 2 nitrogen and oxygen atoms in total. The fourth-order valence-electron chi connectivity index (χ4n) is 3.21. The van der Waals surface area contributed by atoms with Gasteiger partial charge in [0, 0.05) is 0 Å². The average molecular weight is 186 g/mol. The van der Waals surface area contributed by atoms with Crippen molar-refractivity contribution >= 4 is 5.97 Å². The maximum absolute atomic E-state index is 13.7. The summed E-state index contributed by atoms with van der Waals surface area (Å²) in [6, 6.07) is 0. The predicted octanol–water partition coefficient (Wildman–Crippen LogP) is 2.24. The van der Waals surface area contributed by atoms with Crippen LogP contribution < -0.4 is 0 Å². The second-order valence-electron chi connectivity index (χ2n) is 4.78. The average Bonchev–Trinajstić information content (AvgIpc) is 2.23. The van der Waals surface area contributed by atoms with Gasteiger partial charge in [0.15, 0.2) is 0 Å². The third-order valence-corrected chi connectivity index (χ3v) is 3.58. The van der Waals surface area contributed by atoms with Crippen molar-refractivity contribution in [1.29, 1.82) is 0 Å². The van der Waals surface area contributed by atoms with Crippen molar-refractivity contribution in [3.05, 3.63) is 0 Å². The Labute approximate surface area is 77.1 Å². The molecule has 2 bridgehead atoms. The second-order valence-corrected chi connectivity index (χ2v) is 4.78. The van der Waals surface area contributed by atoms with Crippen molar-refractivity contribution in [2.24, 2.45) is 17.8 Å². The SMILES string of the molecule is CC1(F)CC2CCC(C1)C2C(=O)O. The van der Waals surface area contributed by atoms with Crippen LogP contribution in [-0.4, -0.2) is 16.7 Å². The van der Waals surface area contributed by atoms with Crippen LogP contribution in [0.2, 0.25) is 0 Å². The number of carboxylic acid groups (broad SMARTS) is 1. The van der Waals surface area contributed by atoms with Gasteiger partial charge in [-0.2, -0.15) is 0 Å². The fourth-order valence-corrected chi connectivity index (χ4v) is 3.21. The van der Waals surface area contributed by atoms with Gasteiger partial charge in [0.1, 0.15) is 5.67 Å². The van der Waals surface area contributed by atoms with Gasteiger partial charge in [0.2, 0.25) is 0 Å². The van der Waals surface area contributed by atoms with E-state index in [2.05, 4.69) is 0 Å². The third-order valence-electron chi connectivity index (χ3n) is 3.58. The highest BCUT2D eigenvalue weighted by molar-refractivity contribution is 5.71. The number of hydrogen-bond acceptors (Lipinski definition) is 1. The minimum Gasteiger partial charge on any atom is -0.481 e. The summed E-state index contributed by atoms with van der Waals surface area (Å²) in [5.41, 5.74) is -1.11. The molecule has 2 aliphatic rings. The van der Waals surface area contributed by atoms with E-state index < -0.39 is 11.6 Å². The first kappa shape index (κ1) is 8.97. The molecule has 2 rings (SSSR count). The molecule has 0 aromatic heterocycles. The Hall–Kier alpha value is -0.600. The van der Waals surface area contributed by atoms with Crippen LogP contribution in [0, 0.1) is 17.8 Å². The molecule has 2 aliphatic carbocycles. The van der Waals surface area contributed by atoms with Gasteiger partial charge in [-0.15, -0.1) is 0 Å². The van der Waals surface area contributed by atoms with Gasteiger partial charge in [-0.25, -0.2) is 4.39 Å². The van der Waals surface area contributed by atoms with Gasteiger partial charge >= 0.3 is 5.97 Å². The predicted molar refractivity (Wildman–Crippen MR) is 46.1 cm³/mol. The molecule has 0 amide bonds. The van der Waals surface area contributed by atoms with Gasteiger partial charge in [-0.1, -0.05) is 0 Å². The van der Waals surface area contributed by atoms with E-state index in [0.717, 1.165) is 12.8 Å². The Balaban J connectivity index is 2.18. The summed E-state index contributed by atoms with van der Waals surface area (Å²) < 4.78 is 13.7. The molecule has 2 saturated carbocycles. The zero-order valence-corrected chi connectivity index (χ0v) is 7.79. The normalized spacial score (nSPS) is 49.2. The molecule has 0 aliphatic heterocycles. The standard InChI is InChI=1S/C10H15FO2/c1-10(11)4-6-2-3-7(5-10)8(6)9(12)13/h6-8H,2-5H2,1H3,(H,12,13). The van der Waals surface area contributed by atoms with Crippen LogP contribution in [0.5, 0.6) is 0 Å². The second kappa shape index (κ2) is 2.69. The molecular weight excluding hydrogens is 171 g/mol. The number of fused-ring (bicyclic) bond motifs is 2. The number of aliphatic carboxylic acids is 1. The van der Waals surface area contributed by atoms with Crippen molar-refractivity contribution < 1.29 is 14.3 Å². The highest BCUT2D eigenvalue weighted by atomic mass is 19.1. The van der Waals surface area contributed by atoms with Gasteiger partial charge < -0.3 is 5.11 Å². The first-order chi connectivity index (χ1) is 5.99. The van der Waals surface area contributed by atoms with E-state index in [9.17, 15) is 9.18 Å². The van der Waals surface area contributed by atoms with E-state index in [1.807, 2.05) is 0 Å². The number of rotatable bonds is 1. The van der Waals surface area contributed by atoms with E-state index in [1.54, 1.807) is 6.92 Å². The summed E-state index contributed by atoms with van der Waals surface area (Å²) in [5, 5.41) is 8.97. The van der Waals surface area contributed by atoms with Crippen molar-refractivity contribution in [1.82, 2.24) is 0 Å². The first-order valence-corrected chi connectivity index (χ1v) is 4.91. The van der Waals surface area contributed by atoms with E-state index >= 15 is 0 Å². The minimum atomic E-state index is -1.11. The molecule has 2 unspecified atom stereocenters. The molecule has 2 atom stereocenters. The molecule has 0 saturated heterocycles. The van der Waals surface area contributed by atoms with Crippen molar-refractivity contribution in [2.45, 2.75) is 38.3 Å². The molecule has 0 aromatic carbocycles. The van der Waals surface area contributed by atoms with Crippen LogP contribution in [0.3, 0.4) is 0 Å². The number of carboxylic acids is 1. The number of carbonyl (C=O) groups is 1. The molecule has 3 heteroatoms. The van der Waals surface area contributed by atoms with Crippen LogP contribution in [0.15, 0.2) is 0 Å². The Bertz CT molecular complexity index is 221. The summed E-state index contributed by atoms with van der Waals surface area (Å²) in [7, 11) is 0. The van der Waals surface area contributed by atoms with Crippen molar-refractivity contribution in [3.8, 4) is 0 Å². The molecule has 0 radical (unpaired) electrons. The molecule has 2 fully saturated rings. The smallest absolute Gasteiger partial charge is 0.307 e. The lowest BCUT2D eigenvalue weighted by Crippen LogP contribution is -2.38. The zero-order valence-electron chi connectivity index (χ0n) is 7.79. The van der Waals surface area contributed by atoms with Crippen LogP contribution in [0.4, 0.5) is 4.39 Å². The van der Waals surface area contributed by atoms with Gasteiger partial charge in [0.25, 0.3) is 0 Å².